The molecule has 0 fully saturated rings. The van der Waals surface area contributed by atoms with E-state index in [0.29, 0.717) is 11.3 Å². The van der Waals surface area contributed by atoms with Crippen LogP contribution in [0.4, 0.5) is 5.69 Å². The first-order valence-corrected chi connectivity index (χ1v) is 7.61. The van der Waals surface area contributed by atoms with Crippen LogP contribution in [0.2, 0.25) is 0 Å². The van der Waals surface area contributed by atoms with E-state index in [1.807, 2.05) is 26.0 Å². The normalized spacial score (nSPS) is 10.8. The Morgan fingerprint density at radius 3 is 2.83 bits per heavy atom. The van der Waals surface area contributed by atoms with Gasteiger partial charge in [-0.3, -0.25) is 14.3 Å². The highest BCUT2D eigenvalue weighted by atomic mass is 16.2. The Morgan fingerprint density at radius 1 is 1.29 bits per heavy atom. The zero-order valence-electron chi connectivity index (χ0n) is 13.8. The van der Waals surface area contributed by atoms with Crippen LogP contribution in [0.3, 0.4) is 0 Å². The maximum atomic E-state index is 12.4. The molecule has 7 nitrogen and oxygen atoms in total. The number of H-pyrrole nitrogens is 1. The molecule has 2 amide bonds. The van der Waals surface area contributed by atoms with Crippen molar-refractivity contribution in [3.63, 3.8) is 0 Å². The smallest absolute Gasteiger partial charge is 0.255 e. The molecule has 1 aromatic carbocycles. The summed E-state index contributed by atoms with van der Waals surface area (Å²) in [5.74, 6) is -0.366. The van der Waals surface area contributed by atoms with Crippen LogP contribution in [0.15, 0.2) is 30.6 Å². The number of aromatic amines is 1. The van der Waals surface area contributed by atoms with Crippen molar-refractivity contribution in [3.05, 3.63) is 47.4 Å². The average molecular weight is 325 g/mol. The highest BCUT2D eigenvalue weighted by molar-refractivity contribution is 6.06. The van der Waals surface area contributed by atoms with E-state index < -0.39 is 0 Å². The molecule has 0 radical (unpaired) electrons. The van der Waals surface area contributed by atoms with Gasteiger partial charge in [-0.15, -0.1) is 0 Å². The van der Waals surface area contributed by atoms with E-state index in [2.05, 4.69) is 20.7 Å². The van der Waals surface area contributed by atoms with Gasteiger partial charge in [-0.2, -0.15) is 5.10 Å². The maximum absolute atomic E-state index is 12.4. The number of anilines is 1. The summed E-state index contributed by atoms with van der Waals surface area (Å²) in [6.07, 6.45) is 3.14. The molecule has 3 N–H and O–H groups in total. The molecule has 0 spiro atoms. The minimum absolute atomic E-state index is 0.111. The van der Waals surface area contributed by atoms with E-state index in [9.17, 15) is 9.59 Å². The molecule has 2 aromatic heterocycles. The Labute approximate surface area is 139 Å². The zero-order chi connectivity index (χ0) is 17.3. The number of likely N-dealkylation sites (N-methyl/N-ethyl adjacent to an activating group) is 1. The van der Waals surface area contributed by atoms with Crippen molar-refractivity contribution in [1.82, 2.24) is 20.1 Å². The van der Waals surface area contributed by atoms with E-state index in [4.69, 9.17) is 0 Å². The molecule has 3 rings (SSSR count). The van der Waals surface area contributed by atoms with Crippen LogP contribution >= 0.6 is 0 Å². The van der Waals surface area contributed by atoms with Gasteiger partial charge in [0.05, 0.1) is 11.9 Å². The third-order valence-corrected chi connectivity index (χ3v) is 4.05. The average Bonchev–Trinajstić information content (AvgIpc) is 3.11. The number of carbonyl (C=O) groups is 2. The SMILES string of the molecule is CNC(=O)Cn1cc(NC(=O)c2ccc3[nH]c(C)c(C)c3c2)cn1. The van der Waals surface area contributed by atoms with Crippen molar-refractivity contribution in [2.75, 3.05) is 12.4 Å². The monoisotopic (exact) mass is 325 g/mol. The fraction of sp³-hybridized carbons (Fsp3) is 0.235. The number of hydrogen-bond acceptors (Lipinski definition) is 3. The van der Waals surface area contributed by atoms with E-state index in [-0.39, 0.29) is 18.4 Å². The van der Waals surface area contributed by atoms with Crippen molar-refractivity contribution in [2.45, 2.75) is 20.4 Å². The molecule has 0 aliphatic rings. The Balaban J connectivity index is 1.77. The molecular weight excluding hydrogens is 306 g/mol. The fourth-order valence-corrected chi connectivity index (χ4v) is 2.55. The van der Waals surface area contributed by atoms with Crippen LogP contribution in [0, 0.1) is 13.8 Å². The second-order valence-electron chi connectivity index (χ2n) is 5.69. The summed E-state index contributed by atoms with van der Waals surface area (Å²) in [6.45, 7) is 4.15. The molecule has 0 aliphatic heterocycles. The molecule has 0 aliphatic carbocycles. The molecule has 24 heavy (non-hydrogen) atoms. The van der Waals surface area contributed by atoms with E-state index in [0.717, 1.165) is 22.2 Å². The topological polar surface area (TPSA) is 91.8 Å². The van der Waals surface area contributed by atoms with Crippen molar-refractivity contribution in [3.8, 4) is 0 Å². The largest absolute Gasteiger partial charge is 0.358 e. The molecule has 3 aromatic rings. The lowest BCUT2D eigenvalue weighted by atomic mass is 10.1. The van der Waals surface area contributed by atoms with E-state index in [1.165, 1.54) is 10.9 Å². The van der Waals surface area contributed by atoms with E-state index >= 15 is 0 Å². The third-order valence-electron chi connectivity index (χ3n) is 4.05. The lowest BCUT2D eigenvalue weighted by Crippen LogP contribution is -2.23. The van der Waals surface area contributed by atoms with Gasteiger partial charge in [0.15, 0.2) is 0 Å². The van der Waals surface area contributed by atoms with Gasteiger partial charge in [0.1, 0.15) is 6.54 Å². The van der Waals surface area contributed by atoms with Gasteiger partial charge < -0.3 is 15.6 Å². The minimum Gasteiger partial charge on any atom is -0.358 e. The Morgan fingerprint density at radius 2 is 2.08 bits per heavy atom. The number of fused-ring (bicyclic) bond motifs is 1. The van der Waals surface area contributed by atoms with Gasteiger partial charge in [0.25, 0.3) is 5.91 Å². The van der Waals surface area contributed by atoms with Crippen molar-refractivity contribution < 1.29 is 9.59 Å². The van der Waals surface area contributed by atoms with Gasteiger partial charge >= 0.3 is 0 Å². The number of carbonyl (C=O) groups excluding carboxylic acids is 2. The highest BCUT2D eigenvalue weighted by Gasteiger charge is 2.11. The summed E-state index contributed by atoms with van der Waals surface area (Å²) in [6, 6.07) is 5.56. The van der Waals surface area contributed by atoms with Crippen LogP contribution in [0.25, 0.3) is 10.9 Å². The number of hydrogen-bond donors (Lipinski definition) is 3. The second-order valence-corrected chi connectivity index (χ2v) is 5.69. The predicted molar refractivity (Wildman–Crippen MR) is 92.0 cm³/mol. The number of aryl methyl sites for hydroxylation is 2. The first-order chi connectivity index (χ1) is 11.5. The van der Waals surface area contributed by atoms with Crippen LogP contribution in [0.1, 0.15) is 21.6 Å². The Kier molecular flexibility index (Phi) is 4.07. The Hall–Kier alpha value is -3.09. The molecule has 2 heterocycles. The second kappa shape index (κ2) is 6.19. The van der Waals surface area contributed by atoms with Gasteiger partial charge in [0.2, 0.25) is 5.91 Å². The zero-order valence-corrected chi connectivity index (χ0v) is 13.8. The van der Waals surface area contributed by atoms with Crippen molar-refractivity contribution >= 4 is 28.4 Å². The summed E-state index contributed by atoms with van der Waals surface area (Å²) in [5, 5.41) is 10.4. The highest BCUT2D eigenvalue weighted by Crippen LogP contribution is 2.22. The number of amides is 2. The first-order valence-electron chi connectivity index (χ1n) is 7.61. The standard InChI is InChI=1S/C17H19N5O2/c1-10-11(2)20-15-5-4-12(6-14(10)15)17(24)21-13-7-19-22(8-13)9-16(23)18-3/h4-8,20H,9H2,1-3H3,(H,18,23)(H,21,24). The molecule has 124 valence electrons. The predicted octanol–water partition coefficient (Wildman–Crippen LogP) is 1.98. The number of nitrogens with zero attached hydrogens (tertiary/aromatic N) is 2. The van der Waals surface area contributed by atoms with Crippen LogP contribution < -0.4 is 10.6 Å². The molecule has 0 saturated carbocycles. The minimum atomic E-state index is -0.213. The van der Waals surface area contributed by atoms with Gasteiger partial charge in [0, 0.05) is 35.4 Å². The lowest BCUT2D eigenvalue weighted by Gasteiger charge is -2.03. The van der Waals surface area contributed by atoms with E-state index in [1.54, 1.807) is 19.3 Å². The summed E-state index contributed by atoms with van der Waals surface area (Å²) in [4.78, 5) is 27.0. The number of nitrogens with one attached hydrogen (secondary N) is 3. The lowest BCUT2D eigenvalue weighted by molar-refractivity contribution is -0.121. The maximum Gasteiger partial charge on any atom is 0.255 e. The van der Waals surface area contributed by atoms with Gasteiger partial charge in [-0.25, -0.2) is 0 Å². The van der Waals surface area contributed by atoms with Crippen LogP contribution in [-0.4, -0.2) is 33.6 Å². The molecule has 0 saturated heterocycles. The first kappa shape index (κ1) is 15.8. The third kappa shape index (κ3) is 3.01. The Bertz CT molecular complexity index is 922. The number of aromatic nitrogens is 3. The molecule has 7 heteroatoms. The number of rotatable bonds is 4. The number of benzene rings is 1. The van der Waals surface area contributed by atoms with Crippen LogP contribution in [0.5, 0.6) is 0 Å². The summed E-state index contributed by atoms with van der Waals surface area (Å²) >= 11 is 0. The molecular formula is C17H19N5O2. The molecule has 0 atom stereocenters. The summed E-state index contributed by atoms with van der Waals surface area (Å²) < 4.78 is 1.47. The summed E-state index contributed by atoms with van der Waals surface area (Å²) in [5.41, 5.74) is 4.37. The van der Waals surface area contributed by atoms with Gasteiger partial charge in [-0.1, -0.05) is 0 Å². The molecule has 0 bridgehead atoms. The van der Waals surface area contributed by atoms with Crippen molar-refractivity contribution in [1.29, 1.82) is 0 Å². The van der Waals surface area contributed by atoms with Crippen LogP contribution in [-0.2, 0) is 11.3 Å². The summed E-state index contributed by atoms with van der Waals surface area (Å²) in [7, 11) is 1.56. The fourth-order valence-electron chi connectivity index (χ4n) is 2.55. The quantitative estimate of drug-likeness (QED) is 0.685. The van der Waals surface area contributed by atoms with Gasteiger partial charge in [-0.05, 0) is 37.6 Å². The molecule has 0 unspecified atom stereocenters. The van der Waals surface area contributed by atoms with Crippen molar-refractivity contribution in [2.24, 2.45) is 0 Å².